The number of esters is 1. The zero-order valence-corrected chi connectivity index (χ0v) is 12.6. The van der Waals surface area contributed by atoms with Gasteiger partial charge in [0.1, 0.15) is 0 Å². The average Bonchev–Trinajstić information content (AvgIpc) is 2.43. The molecule has 0 unspecified atom stereocenters. The molecule has 1 N–H and O–H groups in total. The third-order valence-corrected chi connectivity index (χ3v) is 3.32. The van der Waals surface area contributed by atoms with E-state index < -0.39 is 0 Å². The van der Waals surface area contributed by atoms with Crippen molar-refractivity contribution in [1.29, 1.82) is 5.26 Å². The van der Waals surface area contributed by atoms with E-state index in [0.717, 1.165) is 24.2 Å². The fourth-order valence-electron chi connectivity index (χ4n) is 1.92. The van der Waals surface area contributed by atoms with Crippen molar-refractivity contribution >= 4 is 11.7 Å². The molecule has 4 heteroatoms. The first-order chi connectivity index (χ1) is 9.39. The molecule has 0 aromatic heterocycles. The highest BCUT2D eigenvalue weighted by Crippen LogP contribution is 2.24. The highest BCUT2D eigenvalue weighted by Gasteiger charge is 2.17. The summed E-state index contributed by atoms with van der Waals surface area (Å²) in [5.74, 6) is -0.325. The second kappa shape index (κ2) is 6.95. The molecule has 1 aromatic rings. The molecule has 0 saturated carbocycles. The van der Waals surface area contributed by atoms with Gasteiger partial charge in [-0.2, -0.15) is 5.26 Å². The molecule has 20 heavy (non-hydrogen) atoms. The number of ether oxygens (including phenoxy) is 1. The number of carbonyl (C=O) groups is 1. The van der Waals surface area contributed by atoms with Gasteiger partial charge in [0.15, 0.2) is 0 Å². The first-order valence-electron chi connectivity index (χ1n) is 6.69. The number of methoxy groups -OCH3 is 1. The van der Waals surface area contributed by atoms with Gasteiger partial charge in [-0.05, 0) is 42.5 Å². The Hall–Kier alpha value is -2.02. The van der Waals surface area contributed by atoms with Crippen LogP contribution in [0.2, 0.25) is 0 Å². The van der Waals surface area contributed by atoms with Crippen molar-refractivity contribution < 1.29 is 9.53 Å². The molecule has 0 bridgehead atoms. The van der Waals surface area contributed by atoms with E-state index in [4.69, 9.17) is 10.00 Å². The van der Waals surface area contributed by atoms with Crippen LogP contribution in [0.3, 0.4) is 0 Å². The zero-order chi connectivity index (χ0) is 15.2. The third-order valence-electron chi connectivity index (χ3n) is 3.32. The number of carbonyl (C=O) groups excluding carboxylic acids is 1. The molecule has 0 radical (unpaired) electrons. The number of rotatable bonds is 6. The summed E-state index contributed by atoms with van der Waals surface area (Å²) in [5.41, 5.74) is 2.62. The lowest BCUT2D eigenvalue weighted by molar-refractivity contribution is 0.0600. The molecule has 0 aliphatic carbocycles. The van der Waals surface area contributed by atoms with Crippen LogP contribution in [0.4, 0.5) is 5.69 Å². The summed E-state index contributed by atoms with van der Waals surface area (Å²) in [7, 11) is 1.38. The topological polar surface area (TPSA) is 62.1 Å². The SMILES string of the molecule is COC(=O)c1ccc(NCC(C)(C)CCC#N)c(C)c1. The maximum atomic E-state index is 11.4. The monoisotopic (exact) mass is 274 g/mol. The van der Waals surface area contributed by atoms with Crippen molar-refractivity contribution in [3.8, 4) is 6.07 Å². The molecule has 0 aliphatic rings. The number of nitrogens with zero attached hydrogens (tertiary/aromatic N) is 1. The molecule has 0 spiro atoms. The van der Waals surface area contributed by atoms with Gasteiger partial charge in [0.05, 0.1) is 18.7 Å². The van der Waals surface area contributed by atoms with Crippen molar-refractivity contribution in [3.63, 3.8) is 0 Å². The second-order valence-electron chi connectivity index (χ2n) is 5.70. The lowest BCUT2D eigenvalue weighted by Gasteiger charge is -2.25. The normalized spacial score (nSPS) is 10.8. The predicted molar refractivity (Wildman–Crippen MR) is 79.6 cm³/mol. The van der Waals surface area contributed by atoms with Gasteiger partial charge in [-0.3, -0.25) is 0 Å². The molecule has 0 atom stereocenters. The molecule has 0 amide bonds. The zero-order valence-electron chi connectivity index (χ0n) is 12.6. The van der Waals surface area contributed by atoms with Gasteiger partial charge >= 0.3 is 5.97 Å². The molecule has 4 nitrogen and oxygen atoms in total. The Kier molecular flexibility index (Phi) is 5.57. The van der Waals surface area contributed by atoms with Gasteiger partial charge in [-0.25, -0.2) is 4.79 Å². The Bertz CT molecular complexity index is 516. The maximum absolute atomic E-state index is 11.4. The lowest BCUT2D eigenvalue weighted by Crippen LogP contribution is -2.23. The van der Waals surface area contributed by atoms with Gasteiger partial charge in [0, 0.05) is 18.7 Å². The fraction of sp³-hybridized carbons (Fsp3) is 0.500. The van der Waals surface area contributed by atoms with E-state index in [9.17, 15) is 4.79 Å². The van der Waals surface area contributed by atoms with Crippen LogP contribution in [0.5, 0.6) is 0 Å². The molecule has 1 aromatic carbocycles. The summed E-state index contributed by atoms with van der Waals surface area (Å²) in [4.78, 5) is 11.4. The van der Waals surface area contributed by atoms with Crippen LogP contribution in [0.1, 0.15) is 42.6 Å². The van der Waals surface area contributed by atoms with E-state index in [2.05, 4.69) is 25.2 Å². The van der Waals surface area contributed by atoms with Crippen LogP contribution in [-0.2, 0) is 4.74 Å². The Morgan fingerprint density at radius 2 is 2.15 bits per heavy atom. The molecule has 0 saturated heterocycles. The Balaban J connectivity index is 2.70. The van der Waals surface area contributed by atoms with E-state index in [1.165, 1.54) is 7.11 Å². The van der Waals surface area contributed by atoms with Crippen molar-refractivity contribution in [3.05, 3.63) is 29.3 Å². The minimum Gasteiger partial charge on any atom is -0.465 e. The molecule has 0 fully saturated rings. The van der Waals surface area contributed by atoms with Crippen LogP contribution in [0.25, 0.3) is 0 Å². The van der Waals surface area contributed by atoms with Crippen molar-refractivity contribution in [2.45, 2.75) is 33.6 Å². The molecular weight excluding hydrogens is 252 g/mol. The van der Waals surface area contributed by atoms with E-state index >= 15 is 0 Å². The number of hydrogen-bond acceptors (Lipinski definition) is 4. The van der Waals surface area contributed by atoms with Crippen LogP contribution in [-0.4, -0.2) is 19.6 Å². The molecule has 1 rings (SSSR count). The van der Waals surface area contributed by atoms with Crippen molar-refractivity contribution in [2.75, 3.05) is 19.0 Å². The highest BCUT2D eigenvalue weighted by atomic mass is 16.5. The van der Waals surface area contributed by atoms with Gasteiger partial charge in [0.2, 0.25) is 0 Å². The third kappa shape index (κ3) is 4.58. The summed E-state index contributed by atoms with van der Waals surface area (Å²) < 4.78 is 4.70. The van der Waals surface area contributed by atoms with Gasteiger partial charge in [-0.15, -0.1) is 0 Å². The van der Waals surface area contributed by atoms with E-state index in [1.54, 1.807) is 6.07 Å². The van der Waals surface area contributed by atoms with Gasteiger partial charge in [-0.1, -0.05) is 13.8 Å². The standard InChI is InChI=1S/C16H22N2O2/c1-12-10-13(15(19)20-4)6-7-14(12)18-11-16(2,3)8-5-9-17/h6-7,10,18H,5,8,11H2,1-4H3. The van der Waals surface area contributed by atoms with Crippen LogP contribution in [0.15, 0.2) is 18.2 Å². The minimum absolute atomic E-state index is 0.0587. The second-order valence-corrected chi connectivity index (χ2v) is 5.70. The van der Waals surface area contributed by atoms with Crippen molar-refractivity contribution in [1.82, 2.24) is 0 Å². The first kappa shape index (κ1) is 16.0. The predicted octanol–water partition coefficient (Wildman–Crippen LogP) is 3.52. The molecule has 108 valence electrons. The van der Waals surface area contributed by atoms with Crippen LogP contribution >= 0.6 is 0 Å². The highest BCUT2D eigenvalue weighted by molar-refractivity contribution is 5.90. The van der Waals surface area contributed by atoms with E-state index in [-0.39, 0.29) is 11.4 Å². The molecular formula is C16H22N2O2. The number of nitrogens with one attached hydrogen (secondary N) is 1. The number of anilines is 1. The van der Waals surface area contributed by atoms with Gasteiger partial charge in [0.25, 0.3) is 0 Å². The number of hydrogen-bond donors (Lipinski definition) is 1. The summed E-state index contributed by atoms with van der Waals surface area (Å²) in [6.07, 6.45) is 1.42. The van der Waals surface area contributed by atoms with E-state index in [0.29, 0.717) is 12.0 Å². The average molecular weight is 274 g/mol. The molecule has 0 heterocycles. The minimum atomic E-state index is -0.325. The lowest BCUT2D eigenvalue weighted by atomic mass is 9.88. The fourth-order valence-corrected chi connectivity index (χ4v) is 1.92. The van der Waals surface area contributed by atoms with Crippen LogP contribution in [0, 0.1) is 23.7 Å². The summed E-state index contributed by atoms with van der Waals surface area (Å²) >= 11 is 0. The smallest absolute Gasteiger partial charge is 0.337 e. The first-order valence-corrected chi connectivity index (χ1v) is 6.69. The van der Waals surface area contributed by atoms with Crippen LogP contribution < -0.4 is 5.32 Å². The summed E-state index contributed by atoms with van der Waals surface area (Å²) in [5, 5.41) is 12.0. The molecule has 0 aliphatic heterocycles. The summed E-state index contributed by atoms with van der Waals surface area (Å²) in [6, 6.07) is 7.64. The largest absolute Gasteiger partial charge is 0.465 e. The van der Waals surface area contributed by atoms with E-state index in [1.807, 2.05) is 19.1 Å². The number of aryl methyl sites for hydroxylation is 1. The number of benzene rings is 1. The number of nitriles is 1. The van der Waals surface area contributed by atoms with Gasteiger partial charge < -0.3 is 10.1 Å². The maximum Gasteiger partial charge on any atom is 0.337 e. The Morgan fingerprint density at radius 1 is 1.45 bits per heavy atom. The van der Waals surface area contributed by atoms with Crippen molar-refractivity contribution in [2.24, 2.45) is 5.41 Å². The summed E-state index contributed by atoms with van der Waals surface area (Å²) in [6.45, 7) is 7.01. The Morgan fingerprint density at radius 3 is 2.70 bits per heavy atom. The quantitative estimate of drug-likeness (QED) is 0.806. The Labute approximate surface area is 120 Å².